The first kappa shape index (κ1) is 26.8. The molecule has 1 fully saturated rings. The number of hydrogen-bond donors (Lipinski definition) is 2. The molecule has 196 valence electrons. The summed E-state index contributed by atoms with van der Waals surface area (Å²) in [5.41, 5.74) is 0.719. The summed E-state index contributed by atoms with van der Waals surface area (Å²) in [5.74, 6) is -2.36. The zero-order valence-corrected chi connectivity index (χ0v) is 21.9. The van der Waals surface area contributed by atoms with Crippen molar-refractivity contribution < 1.29 is 23.9 Å². The highest BCUT2D eigenvalue weighted by atomic mass is 35.5. The van der Waals surface area contributed by atoms with Gasteiger partial charge in [-0.3, -0.25) is 19.4 Å². The Hall–Kier alpha value is -3.26. The van der Waals surface area contributed by atoms with Crippen molar-refractivity contribution in [2.24, 2.45) is 10.4 Å². The van der Waals surface area contributed by atoms with Crippen molar-refractivity contribution in [3.05, 3.63) is 70.0 Å². The maximum atomic E-state index is 15.0. The van der Waals surface area contributed by atoms with Crippen molar-refractivity contribution in [3.8, 4) is 0 Å². The minimum Gasteiger partial charge on any atom is -0.481 e. The van der Waals surface area contributed by atoms with Crippen LogP contribution in [-0.4, -0.2) is 45.7 Å². The van der Waals surface area contributed by atoms with Gasteiger partial charge in [-0.05, 0) is 67.9 Å². The second-order valence-corrected chi connectivity index (χ2v) is 11.0. The van der Waals surface area contributed by atoms with Gasteiger partial charge in [-0.15, -0.1) is 0 Å². The maximum absolute atomic E-state index is 15.0. The number of aliphatic imine (C=N–C) groups is 1. The lowest BCUT2D eigenvalue weighted by Gasteiger charge is -2.46. The van der Waals surface area contributed by atoms with Crippen LogP contribution in [0.5, 0.6) is 0 Å². The molecule has 1 atom stereocenters. The Morgan fingerprint density at radius 2 is 1.78 bits per heavy atom. The molecule has 2 N–H and O–H groups in total. The van der Waals surface area contributed by atoms with E-state index >= 15 is 0 Å². The molecule has 0 aromatic heterocycles. The van der Waals surface area contributed by atoms with Crippen LogP contribution in [0.15, 0.2) is 47.5 Å². The Balaban J connectivity index is 1.63. The molecule has 7 nitrogen and oxygen atoms in total. The van der Waals surface area contributed by atoms with Gasteiger partial charge in [0.2, 0.25) is 0 Å². The monoisotopic (exact) mass is 527 g/mol. The molecule has 9 heteroatoms. The summed E-state index contributed by atoms with van der Waals surface area (Å²) in [6, 6.07) is 11.1. The molecule has 37 heavy (non-hydrogen) atoms. The van der Waals surface area contributed by atoms with Gasteiger partial charge in [0.1, 0.15) is 11.4 Å². The van der Waals surface area contributed by atoms with E-state index in [1.807, 2.05) is 6.92 Å². The standard InChI is InChI=1S/C28H31ClFN3O4/c1-17(18-7-9-19(10-8-18)25(36)31-16-11-22(34)35)33-26(37)24(20-5-4-6-21(29)23(20)30)32-28(33)14-12-27(2,3)13-15-28/h4-10,17H,11-16H2,1-3H3,(H,31,36)(H,34,35)/t17-/m1/s1. The van der Waals surface area contributed by atoms with Crippen molar-refractivity contribution in [3.63, 3.8) is 0 Å². The highest BCUT2D eigenvalue weighted by Gasteiger charge is 2.52. The van der Waals surface area contributed by atoms with E-state index in [9.17, 15) is 18.8 Å². The van der Waals surface area contributed by atoms with E-state index in [1.54, 1.807) is 35.2 Å². The van der Waals surface area contributed by atoms with E-state index in [1.165, 1.54) is 12.1 Å². The largest absolute Gasteiger partial charge is 0.481 e. The van der Waals surface area contributed by atoms with Gasteiger partial charge in [0.05, 0.1) is 17.5 Å². The molecule has 2 aliphatic rings. The third-order valence-corrected chi connectivity index (χ3v) is 7.76. The first-order valence-corrected chi connectivity index (χ1v) is 12.8. The van der Waals surface area contributed by atoms with E-state index in [0.717, 1.165) is 18.4 Å². The predicted octanol–water partition coefficient (Wildman–Crippen LogP) is 5.37. The molecule has 0 radical (unpaired) electrons. The molecule has 2 amide bonds. The number of carbonyl (C=O) groups is 3. The van der Waals surface area contributed by atoms with Gasteiger partial charge in [-0.25, -0.2) is 4.39 Å². The first-order chi connectivity index (χ1) is 17.4. The third-order valence-electron chi connectivity index (χ3n) is 7.47. The quantitative estimate of drug-likeness (QED) is 0.505. The van der Waals surface area contributed by atoms with Crippen LogP contribution in [0.1, 0.15) is 80.4 Å². The summed E-state index contributed by atoms with van der Waals surface area (Å²) in [4.78, 5) is 43.5. The molecule has 1 aliphatic carbocycles. The highest BCUT2D eigenvalue weighted by Crippen LogP contribution is 2.49. The van der Waals surface area contributed by atoms with Crippen LogP contribution in [0.4, 0.5) is 4.39 Å². The van der Waals surface area contributed by atoms with Gasteiger partial charge in [0, 0.05) is 17.7 Å². The van der Waals surface area contributed by atoms with Crippen LogP contribution < -0.4 is 5.32 Å². The summed E-state index contributed by atoms with van der Waals surface area (Å²) in [5, 5.41) is 11.3. The van der Waals surface area contributed by atoms with Crippen molar-refractivity contribution in [2.75, 3.05) is 6.54 Å². The zero-order valence-electron chi connectivity index (χ0n) is 21.2. The second-order valence-electron chi connectivity index (χ2n) is 10.6. The number of carbonyl (C=O) groups excluding carboxylic acids is 2. The Morgan fingerprint density at radius 3 is 2.41 bits per heavy atom. The Kier molecular flexibility index (Phi) is 7.42. The van der Waals surface area contributed by atoms with Crippen LogP contribution >= 0.6 is 11.6 Å². The minimum absolute atomic E-state index is 0.0354. The Bertz CT molecular complexity index is 1250. The summed E-state index contributed by atoms with van der Waals surface area (Å²) >= 11 is 6.02. The number of hydrogen-bond acceptors (Lipinski definition) is 4. The molecule has 2 aromatic carbocycles. The molecule has 2 aromatic rings. The number of carboxylic acid groups (broad SMARTS) is 1. The summed E-state index contributed by atoms with van der Waals surface area (Å²) in [7, 11) is 0. The van der Waals surface area contributed by atoms with Gasteiger partial charge in [0.15, 0.2) is 5.82 Å². The van der Waals surface area contributed by atoms with Gasteiger partial charge in [-0.2, -0.15) is 0 Å². The minimum atomic E-state index is -0.987. The number of amides is 2. The summed E-state index contributed by atoms with van der Waals surface area (Å²) in [6.45, 7) is 6.35. The number of nitrogens with zero attached hydrogens (tertiary/aromatic N) is 2. The third kappa shape index (κ3) is 5.39. The summed E-state index contributed by atoms with van der Waals surface area (Å²) in [6.07, 6.45) is 2.89. The van der Waals surface area contributed by atoms with Crippen molar-refractivity contribution >= 4 is 35.1 Å². The highest BCUT2D eigenvalue weighted by molar-refractivity contribution is 6.47. The van der Waals surface area contributed by atoms with Gasteiger partial charge < -0.3 is 15.3 Å². The number of rotatable bonds is 7. The molecular weight excluding hydrogens is 497 g/mol. The molecular formula is C28H31ClFN3O4. The Morgan fingerprint density at radius 1 is 1.14 bits per heavy atom. The summed E-state index contributed by atoms with van der Waals surface area (Å²) < 4.78 is 15.0. The van der Waals surface area contributed by atoms with Crippen molar-refractivity contribution in [2.45, 2.75) is 64.6 Å². The van der Waals surface area contributed by atoms with Gasteiger partial charge >= 0.3 is 5.97 Å². The Labute approximate surface area is 220 Å². The molecule has 0 saturated heterocycles. The topological polar surface area (TPSA) is 99.1 Å². The lowest BCUT2D eigenvalue weighted by molar-refractivity contribution is -0.137. The molecule has 1 aliphatic heterocycles. The zero-order chi connectivity index (χ0) is 27.0. The molecule has 4 rings (SSSR count). The van der Waals surface area contributed by atoms with Crippen LogP contribution in [0.2, 0.25) is 5.02 Å². The van der Waals surface area contributed by atoms with E-state index in [2.05, 4.69) is 19.2 Å². The van der Waals surface area contributed by atoms with Gasteiger partial charge in [-0.1, -0.05) is 43.6 Å². The number of halogens is 2. The average molecular weight is 528 g/mol. The second kappa shape index (κ2) is 10.2. The SMILES string of the molecule is C[C@H](c1ccc(C(=O)NCCC(=O)O)cc1)N1C(=O)C(c2cccc(Cl)c2F)=NC12CCC(C)(C)CC2. The van der Waals surface area contributed by atoms with Crippen LogP contribution in [0.3, 0.4) is 0 Å². The van der Waals surface area contributed by atoms with Gasteiger partial charge in [0.25, 0.3) is 11.8 Å². The first-order valence-electron chi connectivity index (χ1n) is 12.4. The van der Waals surface area contributed by atoms with Crippen molar-refractivity contribution in [1.82, 2.24) is 10.2 Å². The molecule has 1 heterocycles. The fourth-order valence-corrected chi connectivity index (χ4v) is 5.31. The predicted molar refractivity (Wildman–Crippen MR) is 139 cm³/mol. The normalized spacial score (nSPS) is 19.0. The molecule has 1 spiro atoms. The number of carboxylic acids is 1. The van der Waals surface area contributed by atoms with E-state index in [4.69, 9.17) is 21.7 Å². The smallest absolute Gasteiger partial charge is 0.305 e. The van der Waals surface area contributed by atoms with Crippen LogP contribution in [0.25, 0.3) is 0 Å². The fraction of sp³-hybridized carbons (Fsp3) is 0.429. The van der Waals surface area contributed by atoms with Crippen LogP contribution in [0, 0.1) is 11.2 Å². The lowest BCUT2D eigenvalue weighted by atomic mass is 9.72. The fourth-order valence-electron chi connectivity index (χ4n) is 5.14. The van der Waals surface area contributed by atoms with Crippen LogP contribution in [-0.2, 0) is 9.59 Å². The number of aliphatic carboxylic acids is 1. The average Bonchev–Trinajstić information content (AvgIpc) is 3.14. The molecule has 0 unspecified atom stereocenters. The van der Waals surface area contributed by atoms with Crippen molar-refractivity contribution in [1.29, 1.82) is 0 Å². The van der Waals surface area contributed by atoms with E-state index < -0.39 is 17.4 Å². The van der Waals surface area contributed by atoms with E-state index in [0.29, 0.717) is 18.4 Å². The lowest BCUT2D eigenvalue weighted by Crippen LogP contribution is -2.51. The molecule has 0 bridgehead atoms. The maximum Gasteiger partial charge on any atom is 0.305 e. The number of nitrogens with one attached hydrogen (secondary N) is 1. The number of benzene rings is 2. The molecule has 1 saturated carbocycles. The van der Waals surface area contributed by atoms with E-state index in [-0.39, 0.29) is 52.5 Å².